The summed E-state index contributed by atoms with van der Waals surface area (Å²) in [5, 5.41) is 15.5. The van der Waals surface area contributed by atoms with Crippen LogP contribution in [-0.2, 0) is 11.3 Å². The fourth-order valence-electron chi connectivity index (χ4n) is 4.09. The summed E-state index contributed by atoms with van der Waals surface area (Å²) in [7, 11) is 1.60. The van der Waals surface area contributed by atoms with Gasteiger partial charge in [0.2, 0.25) is 5.91 Å². The molecule has 1 fully saturated rings. The van der Waals surface area contributed by atoms with Crippen LogP contribution in [0.15, 0.2) is 72.8 Å². The molecule has 7 nitrogen and oxygen atoms in total. The number of nitrogens with one attached hydrogen (secondary N) is 2. The lowest BCUT2D eigenvalue weighted by molar-refractivity contribution is -0.122. The number of nitriles is 1. The van der Waals surface area contributed by atoms with Crippen LogP contribution in [0.3, 0.4) is 0 Å². The number of hydrogen-bond donors (Lipinski definition) is 2. The zero-order valence-corrected chi connectivity index (χ0v) is 21.8. The molecule has 1 aliphatic rings. The maximum absolute atomic E-state index is 13.4. The number of anilines is 1. The van der Waals surface area contributed by atoms with E-state index in [9.17, 15) is 4.79 Å². The summed E-state index contributed by atoms with van der Waals surface area (Å²) < 4.78 is 11.7. The van der Waals surface area contributed by atoms with Crippen molar-refractivity contribution in [3.8, 4) is 17.6 Å². The normalized spacial score (nSPS) is 14.3. The highest BCUT2D eigenvalue weighted by atomic mass is 32.2. The van der Waals surface area contributed by atoms with Gasteiger partial charge in [0.1, 0.15) is 12.6 Å². The second-order valence-electron chi connectivity index (χ2n) is 8.68. The van der Waals surface area contributed by atoms with E-state index in [-0.39, 0.29) is 5.91 Å². The molecule has 0 radical (unpaired) electrons. The van der Waals surface area contributed by atoms with Crippen molar-refractivity contribution in [3.63, 3.8) is 0 Å². The molecule has 2 N–H and O–H groups in total. The van der Waals surface area contributed by atoms with E-state index in [2.05, 4.69) is 21.6 Å². The molecule has 192 valence electrons. The van der Waals surface area contributed by atoms with Crippen LogP contribution in [0.1, 0.15) is 22.7 Å². The average Bonchev–Trinajstić information content (AvgIpc) is 2.96. The first kappa shape index (κ1) is 26.4. The Morgan fingerprint density at radius 2 is 1.81 bits per heavy atom. The van der Waals surface area contributed by atoms with Crippen molar-refractivity contribution in [2.24, 2.45) is 0 Å². The van der Waals surface area contributed by atoms with Crippen molar-refractivity contribution >= 4 is 23.4 Å². The molecule has 8 heteroatoms. The number of benzene rings is 3. The molecule has 0 unspecified atom stereocenters. The number of methoxy groups -OCH3 is 1. The number of amides is 1. The molecule has 1 amide bonds. The topological polar surface area (TPSA) is 86.6 Å². The molecule has 0 aromatic heterocycles. The number of carbonyl (C=O) groups is 1. The van der Waals surface area contributed by atoms with Crippen LogP contribution in [0.5, 0.6) is 11.5 Å². The number of carbonyl (C=O) groups excluding carboxylic acids is 1. The van der Waals surface area contributed by atoms with Crippen LogP contribution < -0.4 is 20.1 Å². The molecule has 0 bridgehead atoms. The van der Waals surface area contributed by atoms with E-state index in [0.29, 0.717) is 30.2 Å². The first-order valence-electron chi connectivity index (χ1n) is 12.4. The van der Waals surface area contributed by atoms with Gasteiger partial charge in [-0.05, 0) is 47.5 Å². The van der Waals surface area contributed by atoms with Gasteiger partial charge < -0.3 is 20.1 Å². The monoisotopic (exact) mass is 516 g/mol. The van der Waals surface area contributed by atoms with Crippen molar-refractivity contribution < 1.29 is 14.3 Å². The molecule has 3 aromatic carbocycles. The molecular weight excluding hydrogens is 484 g/mol. The molecule has 0 aliphatic carbocycles. The van der Waals surface area contributed by atoms with Gasteiger partial charge in [-0.25, -0.2) is 0 Å². The predicted molar refractivity (Wildman–Crippen MR) is 148 cm³/mol. The number of rotatable bonds is 11. The Bertz CT molecular complexity index is 1190. The quantitative estimate of drug-likeness (QED) is 0.389. The fraction of sp³-hybridized carbons (Fsp3) is 0.310. The lowest BCUT2D eigenvalue weighted by atomic mass is 10.0. The van der Waals surface area contributed by atoms with E-state index in [1.807, 2.05) is 60.3 Å². The highest BCUT2D eigenvalue weighted by Gasteiger charge is 2.22. The van der Waals surface area contributed by atoms with E-state index in [0.717, 1.165) is 48.0 Å². The van der Waals surface area contributed by atoms with Gasteiger partial charge in [-0.15, -0.1) is 0 Å². The van der Waals surface area contributed by atoms with Crippen LogP contribution in [0.2, 0.25) is 0 Å². The Hall–Kier alpha value is -3.67. The Balaban J connectivity index is 1.49. The van der Waals surface area contributed by atoms with Crippen LogP contribution >= 0.6 is 11.8 Å². The van der Waals surface area contributed by atoms with Gasteiger partial charge in [0.05, 0.1) is 18.7 Å². The van der Waals surface area contributed by atoms with Crippen molar-refractivity contribution in [2.45, 2.75) is 12.6 Å². The SMILES string of the molecule is COc1cc([C@H](Nc2ccc(C#N)cc2)C(=O)NCc2ccccc2)ccc1OCCN1CCSCC1. The van der Waals surface area contributed by atoms with Crippen LogP contribution in [0.25, 0.3) is 0 Å². The molecule has 1 atom stereocenters. The average molecular weight is 517 g/mol. The fourth-order valence-corrected chi connectivity index (χ4v) is 5.07. The van der Waals surface area contributed by atoms with Crippen molar-refractivity contribution in [3.05, 3.63) is 89.5 Å². The number of hydrogen-bond acceptors (Lipinski definition) is 7. The second kappa shape index (κ2) is 13.6. The van der Waals surface area contributed by atoms with Gasteiger partial charge in [-0.3, -0.25) is 9.69 Å². The van der Waals surface area contributed by atoms with E-state index in [1.165, 1.54) is 0 Å². The van der Waals surface area contributed by atoms with Gasteiger partial charge in [-0.2, -0.15) is 17.0 Å². The minimum absolute atomic E-state index is 0.174. The van der Waals surface area contributed by atoms with Crippen LogP contribution in [0, 0.1) is 11.3 Å². The minimum atomic E-state index is -0.676. The zero-order chi connectivity index (χ0) is 25.9. The Morgan fingerprint density at radius 1 is 1.05 bits per heavy atom. The maximum Gasteiger partial charge on any atom is 0.247 e. The van der Waals surface area contributed by atoms with Crippen molar-refractivity contribution in [1.82, 2.24) is 10.2 Å². The molecule has 3 aromatic rings. The molecule has 1 heterocycles. The largest absolute Gasteiger partial charge is 0.493 e. The lowest BCUT2D eigenvalue weighted by Crippen LogP contribution is -2.35. The molecule has 4 rings (SSSR count). The number of nitrogens with zero attached hydrogens (tertiary/aromatic N) is 2. The highest BCUT2D eigenvalue weighted by Crippen LogP contribution is 2.32. The zero-order valence-electron chi connectivity index (χ0n) is 21.0. The van der Waals surface area contributed by atoms with E-state index in [1.54, 1.807) is 31.4 Å². The number of thioether (sulfide) groups is 1. The van der Waals surface area contributed by atoms with Gasteiger partial charge in [0, 0.05) is 43.4 Å². The highest BCUT2D eigenvalue weighted by molar-refractivity contribution is 7.99. The molecule has 37 heavy (non-hydrogen) atoms. The van der Waals surface area contributed by atoms with Gasteiger partial charge in [0.15, 0.2) is 11.5 Å². The maximum atomic E-state index is 13.4. The summed E-state index contributed by atoms with van der Waals surface area (Å²) in [6.45, 7) is 4.04. The lowest BCUT2D eigenvalue weighted by Gasteiger charge is -2.26. The summed E-state index contributed by atoms with van der Waals surface area (Å²) in [6.07, 6.45) is 0. The third-order valence-electron chi connectivity index (χ3n) is 6.19. The van der Waals surface area contributed by atoms with E-state index in [4.69, 9.17) is 14.7 Å². The van der Waals surface area contributed by atoms with Crippen molar-refractivity contribution in [2.75, 3.05) is 50.2 Å². The molecule has 0 saturated carbocycles. The van der Waals surface area contributed by atoms with Gasteiger partial charge in [-0.1, -0.05) is 36.4 Å². The summed E-state index contributed by atoms with van der Waals surface area (Å²) in [5.74, 6) is 3.39. The summed E-state index contributed by atoms with van der Waals surface area (Å²) in [5.41, 5.74) is 3.05. The summed E-state index contributed by atoms with van der Waals surface area (Å²) in [4.78, 5) is 15.8. The first-order valence-corrected chi connectivity index (χ1v) is 13.5. The Morgan fingerprint density at radius 3 is 2.51 bits per heavy atom. The van der Waals surface area contributed by atoms with Gasteiger partial charge in [0.25, 0.3) is 0 Å². The standard InChI is InChI=1S/C29H32N4O3S/c1-35-27-19-24(9-12-26(27)36-16-13-33-14-17-37-18-15-33)28(32-25-10-7-22(20-30)8-11-25)29(34)31-21-23-5-3-2-4-6-23/h2-12,19,28,32H,13-18,21H2,1H3,(H,31,34)/t28-/m0/s1. The first-order chi connectivity index (χ1) is 18.2. The molecule has 0 spiro atoms. The molecule has 1 saturated heterocycles. The summed E-state index contributed by atoms with van der Waals surface area (Å²) >= 11 is 1.99. The Kier molecular flexibility index (Phi) is 9.69. The second-order valence-corrected chi connectivity index (χ2v) is 9.91. The van der Waals surface area contributed by atoms with Gasteiger partial charge >= 0.3 is 0 Å². The third-order valence-corrected chi connectivity index (χ3v) is 7.13. The Labute approximate surface area is 222 Å². The van der Waals surface area contributed by atoms with E-state index < -0.39 is 6.04 Å². The smallest absolute Gasteiger partial charge is 0.247 e. The minimum Gasteiger partial charge on any atom is -0.493 e. The third kappa shape index (κ3) is 7.66. The van der Waals surface area contributed by atoms with E-state index >= 15 is 0 Å². The van der Waals surface area contributed by atoms with Crippen LogP contribution in [0.4, 0.5) is 5.69 Å². The summed E-state index contributed by atoms with van der Waals surface area (Å²) in [6, 6.07) is 23.9. The van der Waals surface area contributed by atoms with Crippen LogP contribution in [-0.4, -0.2) is 55.7 Å². The van der Waals surface area contributed by atoms with Crippen molar-refractivity contribution in [1.29, 1.82) is 5.26 Å². The number of ether oxygens (including phenoxy) is 2. The molecule has 1 aliphatic heterocycles. The molecular formula is C29H32N4O3S. The predicted octanol–water partition coefficient (Wildman–Crippen LogP) is 4.46.